The molecule has 7 nitrogen and oxygen atoms in total. The highest BCUT2D eigenvalue weighted by atomic mass is 19.3. The number of carbonyl (C=O) groups excluding carboxylic acids is 1. The van der Waals surface area contributed by atoms with Gasteiger partial charge in [-0.1, -0.05) is 6.07 Å². The summed E-state index contributed by atoms with van der Waals surface area (Å²) in [6.07, 6.45) is 2.69. The number of hydrogen-bond acceptors (Lipinski definition) is 5. The van der Waals surface area contributed by atoms with E-state index in [1.54, 1.807) is 16.7 Å². The first-order valence-corrected chi connectivity index (χ1v) is 9.26. The maximum absolute atomic E-state index is 12.8. The van der Waals surface area contributed by atoms with Crippen LogP contribution >= 0.6 is 0 Å². The highest BCUT2D eigenvalue weighted by molar-refractivity contribution is 6.03. The van der Waals surface area contributed by atoms with E-state index in [9.17, 15) is 13.6 Å². The Balaban J connectivity index is 1.62. The lowest BCUT2D eigenvalue weighted by Gasteiger charge is -2.19. The van der Waals surface area contributed by atoms with Crippen molar-refractivity contribution in [2.75, 3.05) is 25.6 Å². The molecule has 0 aliphatic carbocycles. The Morgan fingerprint density at radius 3 is 2.79 bits per heavy atom. The van der Waals surface area contributed by atoms with Crippen molar-refractivity contribution in [3.05, 3.63) is 53.7 Å². The SMILES string of the molecule is COc1cc(NC(=O)c2cccc(C(F)F)n2)cn2cc(C3CCOCC3)nc12. The number of fused-ring (bicyclic) bond motifs is 1. The van der Waals surface area contributed by atoms with Crippen LogP contribution in [0.25, 0.3) is 5.65 Å². The summed E-state index contributed by atoms with van der Waals surface area (Å²) in [6, 6.07) is 5.59. The molecule has 0 bridgehead atoms. The lowest BCUT2D eigenvalue weighted by Crippen LogP contribution is -2.15. The number of ether oxygens (including phenoxy) is 2. The molecule has 3 aromatic heterocycles. The molecule has 1 aliphatic heterocycles. The fourth-order valence-electron chi connectivity index (χ4n) is 3.39. The maximum Gasteiger partial charge on any atom is 0.280 e. The highest BCUT2D eigenvalue weighted by Crippen LogP contribution is 2.30. The maximum atomic E-state index is 12.8. The van der Waals surface area contributed by atoms with Gasteiger partial charge < -0.3 is 19.2 Å². The Bertz CT molecular complexity index is 1030. The fraction of sp³-hybridized carbons (Fsp3) is 0.350. The van der Waals surface area contributed by atoms with Gasteiger partial charge >= 0.3 is 0 Å². The Labute approximate surface area is 165 Å². The van der Waals surface area contributed by atoms with Crippen molar-refractivity contribution >= 4 is 17.2 Å². The largest absolute Gasteiger partial charge is 0.493 e. The van der Waals surface area contributed by atoms with Crippen LogP contribution in [0.4, 0.5) is 14.5 Å². The van der Waals surface area contributed by atoms with Crippen LogP contribution in [0, 0.1) is 0 Å². The van der Waals surface area contributed by atoms with Gasteiger partial charge in [-0.25, -0.2) is 18.7 Å². The van der Waals surface area contributed by atoms with Crippen LogP contribution < -0.4 is 10.1 Å². The molecule has 4 heterocycles. The molecule has 1 N–H and O–H groups in total. The number of nitrogens with one attached hydrogen (secondary N) is 1. The molecule has 0 saturated carbocycles. The van der Waals surface area contributed by atoms with Gasteiger partial charge in [0.15, 0.2) is 11.4 Å². The normalized spacial score (nSPS) is 15.0. The average Bonchev–Trinajstić information content (AvgIpc) is 3.18. The van der Waals surface area contributed by atoms with Crippen LogP contribution in [0.3, 0.4) is 0 Å². The van der Waals surface area contributed by atoms with Crippen molar-refractivity contribution in [3.8, 4) is 5.75 Å². The number of pyridine rings is 2. The molecule has 1 amide bonds. The van der Waals surface area contributed by atoms with E-state index in [0.717, 1.165) is 18.5 Å². The lowest BCUT2D eigenvalue weighted by molar-refractivity contribution is 0.0846. The van der Waals surface area contributed by atoms with E-state index in [1.165, 1.54) is 25.3 Å². The minimum Gasteiger partial charge on any atom is -0.493 e. The van der Waals surface area contributed by atoms with Crippen molar-refractivity contribution in [2.24, 2.45) is 0 Å². The Morgan fingerprint density at radius 2 is 2.07 bits per heavy atom. The van der Waals surface area contributed by atoms with Gasteiger partial charge in [-0.3, -0.25) is 4.79 Å². The van der Waals surface area contributed by atoms with Gasteiger partial charge in [0.1, 0.15) is 11.4 Å². The van der Waals surface area contributed by atoms with Gasteiger partial charge in [-0.15, -0.1) is 0 Å². The molecule has 0 radical (unpaired) electrons. The van der Waals surface area contributed by atoms with Gasteiger partial charge in [0.25, 0.3) is 12.3 Å². The number of imidazole rings is 1. The Kier molecular flexibility index (Phi) is 5.39. The first kappa shape index (κ1) is 19.3. The molecular formula is C20H20F2N4O3. The minimum absolute atomic E-state index is 0.0876. The summed E-state index contributed by atoms with van der Waals surface area (Å²) in [5.74, 6) is 0.224. The third-order valence-electron chi connectivity index (χ3n) is 4.88. The first-order valence-electron chi connectivity index (χ1n) is 9.26. The number of hydrogen-bond donors (Lipinski definition) is 1. The van der Waals surface area contributed by atoms with E-state index >= 15 is 0 Å². The van der Waals surface area contributed by atoms with Crippen molar-refractivity contribution in [1.29, 1.82) is 0 Å². The van der Waals surface area contributed by atoms with Crippen LogP contribution in [-0.2, 0) is 4.74 Å². The van der Waals surface area contributed by atoms with E-state index in [1.807, 2.05) is 6.20 Å². The molecule has 1 aliphatic rings. The standard InChI is InChI=1S/C20H20F2N4O3/c1-28-17-9-13(23-20(27)15-4-2-3-14(24-15)18(21)22)10-26-11-16(25-19(17)26)12-5-7-29-8-6-12/h2-4,9-12,18H,5-8H2,1H3,(H,23,27). The summed E-state index contributed by atoms with van der Waals surface area (Å²) in [5, 5.41) is 2.69. The number of aromatic nitrogens is 3. The second-order valence-corrected chi connectivity index (χ2v) is 6.78. The zero-order valence-electron chi connectivity index (χ0n) is 15.8. The molecule has 0 unspecified atom stereocenters. The number of amides is 1. The summed E-state index contributed by atoms with van der Waals surface area (Å²) < 4.78 is 38.3. The molecule has 152 valence electrons. The summed E-state index contributed by atoms with van der Waals surface area (Å²) in [7, 11) is 1.53. The van der Waals surface area contributed by atoms with Crippen molar-refractivity contribution in [2.45, 2.75) is 25.2 Å². The number of alkyl halides is 2. The molecule has 29 heavy (non-hydrogen) atoms. The quantitative estimate of drug-likeness (QED) is 0.702. The zero-order valence-corrected chi connectivity index (χ0v) is 15.8. The third kappa shape index (κ3) is 4.04. The third-order valence-corrected chi connectivity index (χ3v) is 4.88. The van der Waals surface area contributed by atoms with Crippen LogP contribution in [0.15, 0.2) is 36.7 Å². The van der Waals surface area contributed by atoms with E-state index in [2.05, 4.69) is 10.3 Å². The molecule has 3 aromatic rings. The zero-order chi connectivity index (χ0) is 20.4. The van der Waals surface area contributed by atoms with Gasteiger partial charge in [-0.05, 0) is 25.0 Å². The number of methoxy groups -OCH3 is 1. The van der Waals surface area contributed by atoms with Crippen molar-refractivity contribution in [3.63, 3.8) is 0 Å². The fourth-order valence-corrected chi connectivity index (χ4v) is 3.39. The number of halogens is 2. The first-order chi connectivity index (χ1) is 14.0. The second-order valence-electron chi connectivity index (χ2n) is 6.78. The van der Waals surface area contributed by atoms with E-state index in [-0.39, 0.29) is 5.69 Å². The summed E-state index contributed by atoms with van der Waals surface area (Å²) >= 11 is 0. The van der Waals surface area contributed by atoms with Crippen LogP contribution in [0.2, 0.25) is 0 Å². The minimum atomic E-state index is -2.74. The number of carbonyl (C=O) groups is 1. The molecule has 1 fully saturated rings. The molecular weight excluding hydrogens is 382 g/mol. The summed E-state index contributed by atoms with van der Waals surface area (Å²) in [5.41, 5.74) is 1.50. The number of rotatable bonds is 5. The van der Waals surface area contributed by atoms with Gasteiger partial charge in [0.05, 0.1) is 18.5 Å². The Hall–Kier alpha value is -3.07. The summed E-state index contributed by atoms with van der Waals surface area (Å²) in [4.78, 5) is 20.9. The molecule has 0 atom stereocenters. The van der Waals surface area contributed by atoms with Gasteiger partial charge in [-0.2, -0.15) is 0 Å². The number of nitrogens with zero attached hydrogens (tertiary/aromatic N) is 3. The molecule has 0 spiro atoms. The molecule has 4 rings (SSSR count). The lowest BCUT2D eigenvalue weighted by atomic mass is 9.97. The van der Waals surface area contributed by atoms with Gasteiger partial charge in [0.2, 0.25) is 0 Å². The summed E-state index contributed by atoms with van der Waals surface area (Å²) in [6.45, 7) is 1.42. The smallest absolute Gasteiger partial charge is 0.280 e. The van der Waals surface area contributed by atoms with E-state index in [4.69, 9.17) is 14.5 Å². The molecule has 0 aromatic carbocycles. The van der Waals surface area contributed by atoms with E-state index < -0.39 is 18.0 Å². The van der Waals surface area contributed by atoms with Crippen molar-refractivity contribution < 1.29 is 23.0 Å². The second kappa shape index (κ2) is 8.12. The monoisotopic (exact) mass is 402 g/mol. The van der Waals surface area contributed by atoms with Crippen LogP contribution in [-0.4, -0.2) is 40.6 Å². The van der Waals surface area contributed by atoms with E-state index in [0.29, 0.717) is 36.2 Å². The van der Waals surface area contributed by atoms with Gasteiger partial charge in [0, 0.05) is 37.6 Å². The Morgan fingerprint density at radius 1 is 1.28 bits per heavy atom. The topological polar surface area (TPSA) is 77.8 Å². The van der Waals surface area contributed by atoms with Crippen LogP contribution in [0.5, 0.6) is 5.75 Å². The molecule has 9 heteroatoms. The predicted octanol–water partition coefficient (Wildman–Crippen LogP) is 3.82. The number of anilines is 1. The van der Waals surface area contributed by atoms with Crippen LogP contribution in [0.1, 0.15) is 47.1 Å². The van der Waals surface area contributed by atoms with Crippen molar-refractivity contribution in [1.82, 2.24) is 14.4 Å². The molecule has 1 saturated heterocycles. The predicted molar refractivity (Wildman–Crippen MR) is 102 cm³/mol. The highest BCUT2D eigenvalue weighted by Gasteiger charge is 2.21. The average molecular weight is 402 g/mol.